The summed E-state index contributed by atoms with van der Waals surface area (Å²) in [5.41, 5.74) is 1.82. The monoisotopic (exact) mass is 283 g/mol. The summed E-state index contributed by atoms with van der Waals surface area (Å²) in [4.78, 5) is 15.8. The van der Waals surface area contributed by atoms with Gasteiger partial charge in [-0.15, -0.1) is 0 Å². The molecule has 0 saturated carbocycles. The van der Waals surface area contributed by atoms with Crippen molar-refractivity contribution in [2.24, 2.45) is 0 Å². The number of quaternary nitrogens is 1. The molecule has 0 radical (unpaired) electrons. The Labute approximate surface area is 123 Å². The van der Waals surface area contributed by atoms with Crippen LogP contribution in [0.3, 0.4) is 0 Å². The molecule has 4 rings (SSSR count). The van der Waals surface area contributed by atoms with Crippen molar-refractivity contribution in [3.8, 4) is 0 Å². The van der Waals surface area contributed by atoms with Crippen LogP contribution in [-0.4, -0.2) is 36.9 Å². The Morgan fingerprint density at radius 2 is 2.05 bits per heavy atom. The first-order valence-electron chi connectivity index (χ1n) is 7.59. The Morgan fingerprint density at radius 3 is 2.86 bits per heavy atom. The third-order valence-electron chi connectivity index (χ3n) is 4.62. The van der Waals surface area contributed by atoms with Crippen molar-refractivity contribution in [1.82, 2.24) is 0 Å². The summed E-state index contributed by atoms with van der Waals surface area (Å²) in [5, 5.41) is 12.0. The van der Waals surface area contributed by atoms with E-state index in [2.05, 4.69) is 12.1 Å². The number of benzene rings is 2. The molecule has 2 aliphatic rings. The first-order chi connectivity index (χ1) is 10.2. The molecule has 2 aliphatic heterocycles. The first kappa shape index (κ1) is 12.8. The second kappa shape index (κ2) is 4.83. The number of amides is 1. The van der Waals surface area contributed by atoms with Crippen molar-refractivity contribution >= 4 is 22.4 Å². The number of carbonyl (C=O) groups excluding carboxylic acids is 1. The normalized spacial score (nSPS) is 24.8. The summed E-state index contributed by atoms with van der Waals surface area (Å²) in [5.74, 6) is 0.0920. The molecular weight excluding hydrogens is 264 g/mol. The van der Waals surface area contributed by atoms with Gasteiger partial charge in [-0.3, -0.25) is 9.69 Å². The van der Waals surface area contributed by atoms with Gasteiger partial charge in [0.1, 0.15) is 12.6 Å². The van der Waals surface area contributed by atoms with E-state index in [1.54, 1.807) is 0 Å². The van der Waals surface area contributed by atoms with Gasteiger partial charge in [-0.05, 0) is 30.4 Å². The molecular formula is C17H19N2O2+. The summed E-state index contributed by atoms with van der Waals surface area (Å²) in [6, 6.07) is 12.0. The van der Waals surface area contributed by atoms with Crippen LogP contribution in [0.15, 0.2) is 36.4 Å². The number of aliphatic hydroxyl groups excluding tert-OH is 1. The van der Waals surface area contributed by atoms with Crippen molar-refractivity contribution in [2.45, 2.75) is 18.9 Å². The Morgan fingerprint density at radius 1 is 1.24 bits per heavy atom. The zero-order valence-electron chi connectivity index (χ0n) is 11.9. The van der Waals surface area contributed by atoms with Crippen LogP contribution in [0.1, 0.15) is 23.2 Å². The van der Waals surface area contributed by atoms with Crippen LogP contribution in [0.5, 0.6) is 0 Å². The smallest absolute Gasteiger partial charge is 0.263 e. The average molecular weight is 283 g/mol. The van der Waals surface area contributed by atoms with Crippen molar-refractivity contribution in [2.75, 3.05) is 24.7 Å². The van der Waals surface area contributed by atoms with E-state index in [9.17, 15) is 9.90 Å². The number of rotatable bonds is 2. The van der Waals surface area contributed by atoms with E-state index in [1.165, 1.54) is 4.90 Å². The van der Waals surface area contributed by atoms with Crippen LogP contribution in [0, 0.1) is 0 Å². The fourth-order valence-electron chi connectivity index (χ4n) is 3.63. The average Bonchev–Trinajstić information content (AvgIpc) is 2.76. The predicted molar refractivity (Wildman–Crippen MR) is 81.6 cm³/mol. The predicted octanol–water partition coefficient (Wildman–Crippen LogP) is 0.797. The zero-order valence-corrected chi connectivity index (χ0v) is 11.9. The minimum Gasteiger partial charge on any atom is -0.387 e. The molecule has 108 valence electrons. The van der Waals surface area contributed by atoms with Crippen LogP contribution in [0.2, 0.25) is 0 Å². The van der Waals surface area contributed by atoms with Crippen molar-refractivity contribution in [1.29, 1.82) is 0 Å². The number of hydrogen-bond acceptors (Lipinski definition) is 2. The Bertz CT molecular complexity index is 708. The summed E-state index contributed by atoms with van der Waals surface area (Å²) in [6.07, 6.45) is 1.67. The summed E-state index contributed by atoms with van der Waals surface area (Å²) >= 11 is 0. The van der Waals surface area contributed by atoms with Crippen LogP contribution in [0.25, 0.3) is 10.8 Å². The van der Waals surface area contributed by atoms with Gasteiger partial charge in [0.25, 0.3) is 5.91 Å². The molecule has 1 amide bonds. The molecule has 0 aliphatic carbocycles. The number of carbonyl (C=O) groups is 1. The van der Waals surface area contributed by atoms with Gasteiger partial charge in [0.05, 0.1) is 17.8 Å². The lowest BCUT2D eigenvalue weighted by Crippen LogP contribution is -3.15. The largest absolute Gasteiger partial charge is 0.387 e. The lowest BCUT2D eigenvalue weighted by Gasteiger charge is -2.30. The summed E-state index contributed by atoms with van der Waals surface area (Å²) in [6.45, 7) is 2.40. The quantitative estimate of drug-likeness (QED) is 0.856. The number of nitrogens with one attached hydrogen (secondary N) is 1. The molecule has 2 heterocycles. The van der Waals surface area contributed by atoms with Gasteiger partial charge in [-0.1, -0.05) is 24.3 Å². The standard InChI is InChI=1S/C17H18N2O2/c20-13-6-3-9-18(10-13)11-19-15-8-2-5-12-4-1-7-14(16(12)15)17(19)21/h1-2,4-5,7-8,13,20H,3,6,9-11H2/p+1/t13-/m0/s1. The fraction of sp³-hybridized carbons (Fsp3) is 0.353. The van der Waals surface area contributed by atoms with Gasteiger partial charge >= 0.3 is 0 Å². The van der Waals surface area contributed by atoms with Crippen LogP contribution >= 0.6 is 0 Å². The van der Waals surface area contributed by atoms with Gasteiger partial charge in [-0.25, -0.2) is 0 Å². The second-order valence-electron chi connectivity index (χ2n) is 6.07. The fourth-order valence-corrected chi connectivity index (χ4v) is 3.63. The molecule has 0 aromatic heterocycles. The van der Waals surface area contributed by atoms with Gasteiger partial charge in [0, 0.05) is 5.39 Å². The number of piperidine rings is 1. The number of likely N-dealkylation sites (tertiary alicyclic amines) is 1. The van der Waals surface area contributed by atoms with E-state index in [1.807, 2.05) is 29.2 Å². The Hall–Kier alpha value is -1.91. The van der Waals surface area contributed by atoms with Gasteiger partial charge in [-0.2, -0.15) is 0 Å². The zero-order chi connectivity index (χ0) is 14.4. The molecule has 2 aromatic carbocycles. The van der Waals surface area contributed by atoms with Crippen molar-refractivity contribution in [3.05, 3.63) is 42.0 Å². The Kier molecular flexibility index (Phi) is 2.94. The van der Waals surface area contributed by atoms with E-state index in [-0.39, 0.29) is 12.0 Å². The molecule has 1 fully saturated rings. The topological polar surface area (TPSA) is 45.0 Å². The second-order valence-corrected chi connectivity index (χ2v) is 6.07. The lowest BCUT2D eigenvalue weighted by atomic mass is 10.1. The van der Waals surface area contributed by atoms with Gasteiger partial charge in [0.2, 0.25) is 0 Å². The molecule has 2 N–H and O–H groups in total. The van der Waals surface area contributed by atoms with E-state index >= 15 is 0 Å². The molecule has 1 saturated heterocycles. The van der Waals surface area contributed by atoms with E-state index in [0.717, 1.165) is 48.0 Å². The molecule has 4 heteroatoms. The Balaban J connectivity index is 1.69. The third-order valence-corrected chi connectivity index (χ3v) is 4.62. The van der Waals surface area contributed by atoms with Crippen LogP contribution in [-0.2, 0) is 0 Å². The lowest BCUT2D eigenvalue weighted by molar-refractivity contribution is -0.907. The SMILES string of the molecule is O=C1c2cccc3cccc(c23)N1C[NH+]1CCC[C@H](O)C1. The van der Waals surface area contributed by atoms with E-state index < -0.39 is 0 Å². The molecule has 4 nitrogen and oxygen atoms in total. The highest BCUT2D eigenvalue weighted by Gasteiger charge is 2.33. The molecule has 0 spiro atoms. The number of aliphatic hydroxyl groups is 1. The maximum atomic E-state index is 12.7. The number of anilines is 1. The maximum absolute atomic E-state index is 12.7. The summed E-state index contributed by atoms with van der Waals surface area (Å²) in [7, 11) is 0. The minimum absolute atomic E-state index is 0.0920. The number of hydrogen-bond donors (Lipinski definition) is 2. The first-order valence-corrected chi connectivity index (χ1v) is 7.59. The van der Waals surface area contributed by atoms with Crippen molar-refractivity contribution in [3.63, 3.8) is 0 Å². The maximum Gasteiger partial charge on any atom is 0.263 e. The highest BCUT2D eigenvalue weighted by atomic mass is 16.3. The molecule has 0 bridgehead atoms. The number of nitrogens with zero attached hydrogens (tertiary/aromatic N) is 1. The summed E-state index contributed by atoms with van der Waals surface area (Å²) < 4.78 is 0. The molecule has 2 aromatic rings. The van der Waals surface area contributed by atoms with Gasteiger partial charge in [0.15, 0.2) is 6.67 Å². The third kappa shape index (κ3) is 2.03. The van der Waals surface area contributed by atoms with Crippen LogP contribution < -0.4 is 9.80 Å². The highest BCUT2D eigenvalue weighted by Crippen LogP contribution is 2.36. The minimum atomic E-state index is -0.232. The van der Waals surface area contributed by atoms with E-state index in [0.29, 0.717) is 6.67 Å². The highest BCUT2D eigenvalue weighted by molar-refractivity contribution is 6.24. The van der Waals surface area contributed by atoms with Gasteiger partial charge < -0.3 is 10.0 Å². The van der Waals surface area contributed by atoms with E-state index in [4.69, 9.17) is 0 Å². The van der Waals surface area contributed by atoms with Crippen LogP contribution in [0.4, 0.5) is 5.69 Å². The van der Waals surface area contributed by atoms with Crippen molar-refractivity contribution < 1.29 is 14.8 Å². The molecule has 1 unspecified atom stereocenters. The molecule has 2 atom stereocenters. The molecule has 21 heavy (non-hydrogen) atoms.